The number of phenolic OH excluding ortho intramolecular Hbond substituents is 2. The normalized spacial score (nSPS) is 19.0. The van der Waals surface area contributed by atoms with E-state index in [1.165, 1.54) is 63.4 Å². The zero-order valence-corrected chi connectivity index (χ0v) is 55.3. The topological polar surface area (TPSA) is 436 Å². The number of unbranched alkanes of at least 4 members (excludes halogenated alkanes) is 1. The van der Waals surface area contributed by atoms with Crippen LogP contribution in [0.1, 0.15) is 112 Å². The lowest BCUT2D eigenvalue weighted by atomic mass is 9.72. The second-order valence-corrected chi connectivity index (χ2v) is 24.2. The number of hydrogen-bond donors (Lipinski definition) is 13. The number of hydrogen-bond acceptors (Lipinski definition) is 22. The maximum Gasteiger partial charge on any atom is 0.411 e. The van der Waals surface area contributed by atoms with E-state index in [4.69, 9.17) is 33.2 Å². The molecule has 1 fully saturated rings. The Bertz CT molecular complexity index is 4090. The number of Topliss-reactive ketones (excluding diaryl/α,β-unsaturated/α-hetero) is 1. The molecule has 7 amide bonds. The van der Waals surface area contributed by atoms with Gasteiger partial charge >= 0.3 is 24.4 Å². The summed E-state index contributed by atoms with van der Waals surface area (Å²) in [6.45, 7) is 8.37. The Hall–Kier alpha value is -11.2. The van der Waals surface area contributed by atoms with Gasteiger partial charge in [0.2, 0.25) is 23.5 Å². The maximum absolute atomic E-state index is 14.3. The molecule has 0 unspecified atom stereocenters. The number of aliphatic hydroxyl groups is 3. The van der Waals surface area contributed by atoms with Gasteiger partial charge in [0.05, 0.1) is 42.0 Å². The van der Waals surface area contributed by atoms with Crippen LogP contribution in [0.15, 0.2) is 122 Å². The second-order valence-electron chi connectivity index (χ2n) is 24.2. The van der Waals surface area contributed by atoms with Crippen molar-refractivity contribution in [2.45, 2.75) is 126 Å². The number of aromatic nitrogens is 1. The number of nitrogens with one attached hydrogen (secondary N) is 8. The van der Waals surface area contributed by atoms with Gasteiger partial charge in [-0.3, -0.25) is 34.1 Å². The number of para-hydroxylation sites is 1. The van der Waals surface area contributed by atoms with Crippen molar-refractivity contribution in [2.24, 2.45) is 0 Å². The van der Waals surface area contributed by atoms with Gasteiger partial charge < -0.3 is 95.6 Å². The summed E-state index contributed by atoms with van der Waals surface area (Å²) in [5.74, 6) is -6.43. The van der Waals surface area contributed by atoms with Crippen LogP contribution in [0.2, 0.25) is 0 Å². The number of aromatic hydroxyl groups is 2. The van der Waals surface area contributed by atoms with Gasteiger partial charge in [-0.2, -0.15) is 0 Å². The van der Waals surface area contributed by atoms with E-state index in [1.54, 1.807) is 36.4 Å². The quantitative estimate of drug-likeness (QED) is 0.0115. The Morgan fingerprint density at radius 3 is 2.03 bits per heavy atom. The van der Waals surface area contributed by atoms with E-state index in [1.807, 2.05) is 30.3 Å². The Balaban J connectivity index is 0.775. The summed E-state index contributed by atoms with van der Waals surface area (Å²) < 4.78 is 38.4. The molecular weight excluding hydrogens is 1320 g/mol. The number of benzene rings is 5. The van der Waals surface area contributed by atoms with Crippen molar-refractivity contribution in [3.63, 3.8) is 0 Å². The van der Waals surface area contributed by atoms with Crippen LogP contribution < -0.4 is 42.0 Å². The van der Waals surface area contributed by atoms with Gasteiger partial charge in [0.15, 0.2) is 17.9 Å². The molecule has 1 aromatic heterocycles. The van der Waals surface area contributed by atoms with E-state index in [9.17, 15) is 73.5 Å². The predicted molar refractivity (Wildman–Crippen MR) is 360 cm³/mol. The first-order valence-corrected chi connectivity index (χ1v) is 32.2. The number of rotatable bonds is 29. The van der Waals surface area contributed by atoms with Gasteiger partial charge in [-0.05, 0) is 92.1 Å². The Morgan fingerprint density at radius 1 is 0.723 bits per heavy atom. The van der Waals surface area contributed by atoms with Crippen LogP contribution in [0.5, 0.6) is 17.2 Å². The van der Waals surface area contributed by atoms with Crippen molar-refractivity contribution in [3.8, 4) is 17.2 Å². The second kappa shape index (κ2) is 33.6. The molecule has 0 radical (unpaired) electrons. The summed E-state index contributed by atoms with van der Waals surface area (Å²) in [6.07, 6.45) is -6.75. The fourth-order valence-corrected chi connectivity index (χ4v) is 11.9. The van der Waals surface area contributed by atoms with E-state index < -0.39 is 156 Å². The first-order chi connectivity index (χ1) is 48.4. The third-order valence-corrected chi connectivity index (χ3v) is 17.1. The fourth-order valence-electron chi connectivity index (χ4n) is 11.9. The number of aromatic amines is 1. The lowest BCUT2D eigenvalue weighted by Gasteiger charge is -2.42. The summed E-state index contributed by atoms with van der Waals surface area (Å²) >= 11 is 0. The third-order valence-electron chi connectivity index (χ3n) is 17.1. The van der Waals surface area contributed by atoms with E-state index >= 15 is 0 Å². The van der Waals surface area contributed by atoms with Crippen LogP contribution in [0.3, 0.4) is 0 Å². The summed E-state index contributed by atoms with van der Waals surface area (Å²) in [6, 6.07) is 21.3. The number of aliphatic hydroxyl groups excluding tert-OH is 2. The minimum atomic E-state index is -2.42. The number of anilines is 2. The van der Waals surface area contributed by atoms with Crippen LogP contribution in [0, 0.1) is 0 Å². The minimum absolute atomic E-state index is 0.00709. The molecule has 9 atom stereocenters. The number of ether oxygens (including phenoxy) is 7. The van der Waals surface area contributed by atoms with E-state index in [0.29, 0.717) is 41.0 Å². The van der Waals surface area contributed by atoms with Crippen molar-refractivity contribution in [2.75, 3.05) is 44.1 Å². The molecule has 5 aromatic carbocycles. The maximum atomic E-state index is 14.3. The zero-order chi connectivity index (χ0) is 72.7. The molecule has 0 bridgehead atoms. The molecule has 3 aliphatic rings. The summed E-state index contributed by atoms with van der Waals surface area (Å²) in [5, 5.41) is 75.7. The molecule has 0 saturated carbocycles. The molecule has 101 heavy (non-hydrogen) atoms. The molecule has 2 heterocycles. The number of ketones is 3. The number of alkyl carbamates (subject to hydrolysis) is 3. The number of carbonyl (C=O) groups excluding carboxylic acids is 10. The standard InChI is InChI=1S/C71H78N8O22/c1-6-27-96-67(90)72-26-11-10-16-48(77-66(89)50(30-44-29-41-13-8-9-15-47(41)74-44)78-64(87)37(3)73-68(91)97-28-7-2)65(88)75-42-22-18-39(19-23-42)35-98-69(92)76-43-24-20-40(21-25-43)36-99-70(93)79-49-31-54(100-38(4)59(49)82)101-52-33-71(94,53(81)34-80)32-46-56(52)63(86)58-57(61(46)84)60(83)45-14-12-17-51(95-5)55(45)62(58)85/h6-9,12-15,17-25,29,37-38,48-50,52,54,59,74,80,82,84,86,94H,1-2,10-11,16,26-28,30-36H2,3-5H3,(H,72,90)(H,73,91)(H,75,88)(H,76,92)(H,77,89)(H,78,87)(H,79,93)/t37-,38+,48+,49+,50+,52+,54+,59-,71+/m1/s1. The van der Waals surface area contributed by atoms with Crippen molar-refractivity contribution in [1.29, 1.82) is 0 Å². The molecule has 9 rings (SSSR count). The molecule has 534 valence electrons. The minimum Gasteiger partial charge on any atom is -0.507 e. The number of methoxy groups -OCH3 is 1. The van der Waals surface area contributed by atoms with Crippen molar-refractivity contribution >= 4 is 81.7 Å². The smallest absolute Gasteiger partial charge is 0.411 e. The van der Waals surface area contributed by atoms with Gasteiger partial charge in [0.25, 0.3) is 0 Å². The fraction of sp³-hybridized carbons (Fsp3) is 0.352. The number of carbonyl (C=O) groups is 10. The van der Waals surface area contributed by atoms with Crippen molar-refractivity contribution in [3.05, 3.63) is 173 Å². The van der Waals surface area contributed by atoms with Crippen molar-refractivity contribution < 1.29 is 107 Å². The lowest BCUT2D eigenvalue weighted by Crippen LogP contribution is -2.56. The van der Waals surface area contributed by atoms with Crippen LogP contribution >= 0.6 is 0 Å². The molecule has 0 spiro atoms. The molecule has 2 aliphatic carbocycles. The first kappa shape index (κ1) is 74.1. The highest BCUT2D eigenvalue weighted by atomic mass is 16.7. The molecule has 30 nitrogen and oxygen atoms in total. The first-order valence-electron chi connectivity index (χ1n) is 32.2. The van der Waals surface area contributed by atoms with E-state index in [0.717, 1.165) is 10.9 Å². The Kier molecular flexibility index (Phi) is 24.6. The molecule has 13 N–H and O–H groups in total. The van der Waals surface area contributed by atoms with Gasteiger partial charge in [-0.25, -0.2) is 19.2 Å². The van der Waals surface area contributed by atoms with Crippen LogP contribution in [0.4, 0.5) is 30.6 Å². The highest BCUT2D eigenvalue weighted by Crippen LogP contribution is 2.53. The van der Waals surface area contributed by atoms with Crippen molar-refractivity contribution in [1.82, 2.24) is 31.6 Å². The summed E-state index contributed by atoms with van der Waals surface area (Å²) in [7, 11) is 1.28. The van der Waals surface area contributed by atoms with Crippen LogP contribution in [-0.4, -0.2) is 172 Å². The average Bonchev–Trinajstić information content (AvgIpc) is 1.25. The highest BCUT2D eigenvalue weighted by molar-refractivity contribution is 6.31. The third kappa shape index (κ3) is 18.2. The summed E-state index contributed by atoms with van der Waals surface area (Å²) in [4.78, 5) is 137. The SMILES string of the molecule is C=CCOC(=O)NCCCC[C@H](NC(=O)[C@H](Cc1cc2ccccc2[nH]1)NC(=O)[C@@H](C)NC(=O)OCC=C)C(=O)Nc1ccc(COC(=O)Nc2ccc(COC(=O)N[C@H]3C[C@H](O[C@H]4C[C@](O)(C(=O)CO)Cc5c(O)c6c(c(O)c54)C(=O)c4c(OC)cccc4C6=O)O[C@@H](C)[C@H]3O)cc2)cc1. The molecule has 1 aliphatic heterocycles. The van der Waals surface area contributed by atoms with Gasteiger partial charge in [0.1, 0.15) is 80.1 Å². The number of fused-ring (bicyclic) bond motifs is 4. The van der Waals surface area contributed by atoms with Gasteiger partial charge in [-0.1, -0.05) is 79.9 Å². The van der Waals surface area contributed by atoms with Crippen LogP contribution in [0.25, 0.3) is 10.9 Å². The average molecular weight is 1400 g/mol. The van der Waals surface area contributed by atoms with Crippen LogP contribution in [-0.2, 0) is 73.7 Å². The number of amides is 7. The van der Waals surface area contributed by atoms with E-state index in [2.05, 4.69) is 55.4 Å². The Labute approximate surface area is 578 Å². The largest absolute Gasteiger partial charge is 0.507 e. The highest BCUT2D eigenvalue weighted by Gasteiger charge is 2.51. The van der Waals surface area contributed by atoms with E-state index in [-0.39, 0.29) is 80.2 Å². The molecular formula is C71H78N8O22. The van der Waals surface area contributed by atoms with Gasteiger partial charge in [-0.15, -0.1) is 0 Å². The lowest BCUT2D eigenvalue weighted by molar-refractivity contribution is -0.249. The predicted octanol–water partition coefficient (Wildman–Crippen LogP) is 5.73. The molecule has 1 saturated heterocycles. The summed E-state index contributed by atoms with van der Waals surface area (Å²) in [5.41, 5.74) is -1.44. The number of H-pyrrole nitrogens is 1. The van der Waals surface area contributed by atoms with Gasteiger partial charge in [0, 0.05) is 71.5 Å². The Morgan fingerprint density at radius 2 is 1.37 bits per heavy atom. The number of phenols is 2. The monoisotopic (exact) mass is 1390 g/mol. The molecule has 30 heteroatoms. The zero-order valence-electron chi connectivity index (χ0n) is 55.3. The molecule has 6 aromatic rings.